The maximum atomic E-state index is 13.6. The molecule has 1 saturated heterocycles. The van der Waals surface area contributed by atoms with Gasteiger partial charge in [-0.1, -0.05) is 62.4 Å². The standard InChI is InChI=1S/C41H50N8O5/c1-24(2)36(47-41(53)54-6)40(52)48-20-8-11-34(48)38-44-22-33(46-38)29-18-14-27(15-19-29)26-12-16-28(17-13-26)32-21-43-37(45-32)30-9-7-10-31(30)39(51)49(25(3)4)23-35(50)42-5/h12-19,21-22,24-25,34,36H,7-11,20,23H2,1-6H3,(H,42,50)(H,43,45)(H,44,46)(H,47,53)/t34-,36-/m0/s1. The lowest BCUT2D eigenvalue weighted by atomic mass is 10.0. The number of likely N-dealkylation sites (tertiary alicyclic amines) is 1. The Morgan fingerprint density at radius 3 is 2.07 bits per heavy atom. The van der Waals surface area contributed by atoms with Crippen LogP contribution in [-0.4, -0.2) is 92.9 Å². The first-order valence-corrected chi connectivity index (χ1v) is 18.7. The molecule has 2 aromatic carbocycles. The molecule has 0 radical (unpaired) electrons. The number of H-pyrrole nitrogens is 2. The Kier molecular flexibility index (Phi) is 11.6. The number of nitrogens with zero attached hydrogens (tertiary/aromatic N) is 4. The Morgan fingerprint density at radius 2 is 1.48 bits per heavy atom. The Morgan fingerprint density at radius 1 is 0.870 bits per heavy atom. The first-order valence-electron chi connectivity index (χ1n) is 18.7. The zero-order valence-electron chi connectivity index (χ0n) is 31.9. The van der Waals surface area contributed by atoms with Crippen LogP contribution in [0.4, 0.5) is 4.79 Å². The van der Waals surface area contributed by atoms with Gasteiger partial charge in [0.2, 0.25) is 11.8 Å². The zero-order valence-corrected chi connectivity index (χ0v) is 31.9. The van der Waals surface area contributed by atoms with Crippen molar-refractivity contribution in [2.45, 2.75) is 77.9 Å². The van der Waals surface area contributed by atoms with Crippen molar-refractivity contribution in [2.75, 3.05) is 27.2 Å². The predicted molar refractivity (Wildman–Crippen MR) is 207 cm³/mol. The number of imidazole rings is 2. The van der Waals surface area contributed by atoms with E-state index in [0.29, 0.717) is 18.8 Å². The van der Waals surface area contributed by atoms with Crippen LogP contribution in [0.25, 0.3) is 39.2 Å². The number of alkyl carbamates (subject to hydrolysis) is 1. The molecule has 0 saturated carbocycles. The van der Waals surface area contributed by atoms with Gasteiger partial charge in [0.1, 0.15) is 24.2 Å². The van der Waals surface area contributed by atoms with Gasteiger partial charge in [0, 0.05) is 30.8 Å². The molecule has 2 aliphatic rings. The lowest BCUT2D eigenvalue weighted by Gasteiger charge is -2.30. The third kappa shape index (κ3) is 8.09. The molecule has 4 aromatic rings. The quantitative estimate of drug-likeness (QED) is 0.137. The second-order valence-corrected chi connectivity index (χ2v) is 14.5. The van der Waals surface area contributed by atoms with Crippen molar-refractivity contribution in [3.63, 3.8) is 0 Å². The second kappa shape index (κ2) is 16.5. The van der Waals surface area contributed by atoms with Crippen LogP contribution in [0.1, 0.15) is 77.5 Å². The number of carbonyl (C=O) groups excluding carboxylic acids is 4. The molecule has 0 spiro atoms. The molecule has 13 nitrogen and oxygen atoms in total. The number of carbonyl (C=O) groups is 4. The summed E-state index contributed by atoms with van der Waals surface area (Å²) in [5.41, 5.74) is 7.44. The summed E-state index contributed by atoms with van der Waals surface area (Å²) in [5, 5.41) is 5.31. The van der Waals surface area contributed by atoms with Gasteiger partial charge >= 0.3 is 6.09 Å². The fourth-order valence-corrected chi connectivity index (χ4v) is 7.29. The van der Waals surface area contributed by atoms with Gasteiger partial charge in [-0.15, -0.1) is 0 Å². The van der Waals surface area contributed by atoms with Gasteiger partial charge in [-0.2, -0.15) is 0 Å². The van der Waals surface area contributed by atoms with Crippen LogP contribution in [-0.2, 0) is 19.1 Å². The highest BCUT2D eigenvalue weighted by Crippen LogP contribution is 2.36. The van der Waals surface area contributed by atoms with Crippen LogP contribution in [0, 0.1) is 5.92 Å². The normalized spacial score (nSPS) is 16.2. The third-order valence-electron chi connectivity index (χ3n) is 10.4. The van der Waals surface area contributed by atoms with E-state index in [0.717, 1.165) is 76.3 Å². The number of aromatic nitrogens is 4. The van der Waals surface area contributed by atoms with E-state index in [1.807, 2.05) is 32.6 Å². The summed E-state index contributed by atoms with van der Waals surface area (Å²) in [7, 11) is 2.87. The maximum Gasteiger partial charge on any atom is 0.407 e. The molecular formula is C41H50N8O5. The van der Waals surface area contributed by atoms with Crippen LogP contribution in [0.5, 0.6) is 0 Å². The van der Waals surface area contributed by atoms with E-state index >= 15 is 0 Å². The highest BCUT2D eigenvalue weighted by molar-refractivity contribution is 6.03. The molecule has 284 valence electrons. The van der Waals surface area contributed by atoms with Crippen LogP contribution in [0.3, 0.4) is 0 Å². The summed E-state index contributed by atoms with van der Waals surface area (Å²) in [4.78, 5) is 70.8. The number of ether oxygens (including phenoxy) is 1. The first-order chi connectivity index (χ1) is 26.0. The molecule has 6 rings (SSSR count). The molecule has 0 unspecified atom stereocenters. The molecule has 2 aromatic heterocycles. The fraction of sp³-hybridized carbons (Fsp3) is 0.415. The van der Waals surface area contributed by atoms with Crippen molar-refractivity contribution in [3.05, 3.63) is 78.1 Å². The minimum Gasteiger partial charge on any atom is -0.453 e. The predicted octanol–water partition coefficient (Wildman–Crippen LogP) is 6.10. The molecule has 2 atom stereocenters. The molecule has 4 amide bonds. The third-order valence-corrected chi connectivity index (χ3v) is 10.4. The number of allylic oxidation sites excluding steroid dienone is 1. The molecule has 54 heavy (non-hydrogen) atoms. The van der Waals surface area contributed by atoms with Crippen molar-refractivity contribution < 1.29 is 23.9 Å². The molecule has 4 N–H and O–H groups in total. The summed E-state index contributed by atoms with van der Waals surface area (Å²) in [6, 6.07) is 15.5. The average Bonchev–Trinajstić information content (AvgIpc) is 4.02. The Balaban J connectivity index is 1.13. The maximum absolute atomic E-state index is 13.6. The van der Waals surface area contributed by atoms with E-state index in [1.165, 1.54) is 7.11 Å². The molecule has 0 bridgehead atoms. The van der Waals surface area contributed by atoms with Gasteiger partial charge in [-0.3, -0.25) is 14.4 Å². The second-order valence-electron chi connectivity index (χ2n) is 14.5. The van der Waals surface area contributed by atoms with Gasteiger partial charge in [0.25, 0.3) is 5.91 Å². The van der Waals surface area contributed by atoms with E-state index in [-0.39, 0.29) is 42.3 Å². The SMILES string of the molecule is CNC(=O)CN(C(=O)C1=C(c2ncc(-c3ccc(-c4ccc(-c5cnc([C@@H]6CCCN6C(=O)[C@@H](NC(=O)OC)C(C)C)[nH]5)cc4)cc3)[nH]2)CCC1)C(C)C. The Labute approximate surface area is 316 Å². The fourth-order valence-electron chi connectivity index (χ4n) is 7.29. The van der Waals surface area contributed by atoms with Gasteiger partial charge < -0.3 is 35.1 Å². The number of amides is 4. The molecular weight excluding hydrogens is 685 g/mol. The first kappa shape index (κ1) is 38.0. The lowest BCUT2D eigenvalue weighted by molar-refractivity contribution is -0.135. The number of nitrogens with one attached hydrogen (secondary N) is 4. The van der Waals surface area contributed by atoms with E-state index in [4.69, 9.17) is 4.74 Å². The molecule has 1 aliphatic carbocycles. The molecule has 1 aliphatic heterocycles. The number of hydrogen-bond donors (Lipinski definition) is 4. The molecule has 3 heterocycles. The van der Waals surface area contributed by atoms with Crippen molar-refractivity contribution in [3.8, 4) is 33.6 Å². The van der Waals surface area contributed by atoms with Crippen molar-refractivity contribution in [1.29, 1.82) is 0 Å². The number of likely N-dealkylation sites (N-methyl/N-ethyl adjacent to an activating group) is 1. The van der Waals surface area contributed by atoms with Crippen molar-refractivity contribution >= 4 is 29.4 Å². The van der Waals surface area contributed by atoms with Crippen LogP contribution in [0.15, 0.2) is 66.5 Å². The zero-order chi connectivity index (χ0) is 38.5. The van der Waals surface area contributed by atoms with E-state index in [1.54, 1.807) is 24.3 Å². The van der Waals surface area contributed by atoms with E-state index < -0.39 is 12.1 Å². The van der Waals surface area contributed by atoms with Crippen molar-refractivity contribution in [2.24, 2.45) is 5.92 Å². The largest absolute Gasteiger partial charge is 0.453 e. The summed E-state index contributed by atoms with van der Waals surface area (Å²) in [6.45, 7) is 8.26. The highest BCUT2D eigenvalue weighted by atomic mass is 16.5. The number of rotatable bonds is 12. The molecule has 1 fully saturated rings. The topological polar surface area (TPSA) is 165 Å². The Bertz CT molecular complexity index is 2010. The smallest absolute Gasteiger partial charge is 0.407 e. The number of benzene rings is 2. The monoisotopic (exact) mass is 734 g/mol. The van der Waals surface area contributed by atoms with Gasteiger partial charge in [0.05, 0.1) is 36.9 Å². The number of methoxy groups -OCH3 is 1. The number of aromatic amines is 2. The minimum atomic E-state index is -0.685. The van der Waals surface area contributed by atoms with Gasteiger partial charge in [-0.25, -0.2) is 14.8 Å². The summed E-state index contributed by atoms with van der Waals surface area (Å²) in [5.74, 6) is 0.873. The van der Waals surface area contributed by atoms with Crippen LogP contribution >= 0.6 is 0 Å². The Hall–Kier alpha value is -5.72. The average molecular weight is 735 g/mol. The molecule has 13 heteroatoms. The summed E-state index contributed by atoms with van der Waals surface area (Å²) in [6.07, 6.45) is 6.90. The van der Waals surface area contributed by atoms with Crippen molar-refractivity contribution in [1.82, 2.24) is 40.4 Å². The summed E-state index contributed by atoms with van der Waals surface area (Å²) < 4.78 is 4.75. The van der Waals surface area contributed by atoms with Crippen LogP contribution in [0.2, 0.25) is 0 Å². The van der Waals surface area contributed by atoms with E-state index in [9.17, 15) is 19.2 Å². The van der Waals surface area contributed by atoms with Gasteiger partial charge in [0.15, 0.2) is 0 Å². The number of hydrogen-bond acceptors (Lipinski definition) is 7. The lowest BCUT2D eigenvalue weighted by Crippen LogP contribution is -2.51. The van der Waals surface area contributed by atoms with Gasteiger partial charge in [-0.05, 0) is 74.1 Å². The van der Waals surface area contributed by atoms with Crippen LogP contribution < -0.4 is 10.6 Å². The highest BCUT2D eigenvalue weighted by Gasteiger charge is 2.37. The van der Waals surface area contributed by atoms with E-state index in [2.05, 4.69) is 79.1 Å². The minimum absolute atomic E-state index is 0.0217. The summed E-state index contributed by atoms with van der Waals surface area (Å²) >= 11 is 0.